The molecule has 0 bridgehead atoms. The highest BCUT2D eigenvalue weighted by molar-refractivity contribution is 8.00. The van der Waals surface area contributed by atoms with Crippen LogP contribution in [0.3, 0.4) is 0 Å². The number of nitrogen functional groups attached to an aromatic ring is 1. The Morgan fingerprint density at radius 2 is 2.06 bits per heavy atom. The zero-order chi connectivity index (χ0) is 13.2. The summed E-state index contributed by atoms with van der Waals surface area (Å²) in [6.45, 7) is 1.47. The molecule has 1 rings (SSSR count). The first-order valence-corrected chi connectivity index (χ1v) is 5.79. The van der Waals surface area contributed by atoms with Crippen molar-refractivity contribution in [2.45, 2.75) is 22.7 Å². The van der Waals surface area contributed by atoms with Crippen molar-refractivity contribution in [1.82, 2.24) is 0 Å². The topological polar surface area (TPSA) is 43.1 Å². The van der Waals surface area contributed by atoms with Gasteiger partial charge in [0, 0.05) is 16.1 Å². The number of carbonyl (C=O) groups is 1. The van der Waals surface area contributed by atoms with Gasteiger partial charge in [-0.1, -0.05) is 0 Å². The number of thioether (sulfide) groups is 1. The van der Waals surface area contributed by atoms with Crippen molar-refractivity contribution in [3.63, 3.8) is 0 Å². The van der Waals surface area contributed by atoms with E-state index in [0.717, 1.165) is 6.07 Å². The van der Waals surface area contributed by atoms with Crippen molar-refractivity contribution in [1.29, 1.82) is 0 Å². The van der Waals surface area contributed by atoms with Gasteiger partial charge < -0.3 is 5.73 Å². The predicted octanol–water partition coefficient (Wildman–Crippen LogP) is 3.69. The van der Waals surface area contributed by atoms with Crippen LogP contribution < -0.4 is 5.73 Å². The van der Waals surface area contributed by atoms with Gasteiger partial charge in [-0.15, -0.1) is 11.6 Å². The molecule has 0 saturated carbocycles. The fourth-order valence-electron chi connectivity index (χ4n) is 1.18. The molecule has 1 aromatic rings. The molecule has 7 heteroatoms. The van der Waals surface area contributed by atoms with Gasteiger partial charge in [0.25, 0.3) is 0 Å². The number of benzene rings is 1. The van der Waals surface area contributed by atoms with Gasteiger partial charge in [-0.05, 0) is 36.9 Å². The SMILES string of the molecule is CC(Cl)C(=O)c1ccc(SC(F)(F)F)cc1N. The third-order valence-corrected chi connectivity index (χ3v) is 2.80. The van der Waals surface area contributed by atoms with Gasteiger partial charge in [-0.25, -0.2) is 0 Å². The molecular formula is C10H9ClF3NOS. The van der Waals surface area contributed by atoms with E-state index in [1.54, 1.807) is 0 Å². The molecule has 94 valence electrons. The first kappa shape index (κ1) is 14.2. The number of rotatable bonds is 3. The van der Waals surface area contributed by atoms with Gasteiger partial charge >= 0.3 is 5.51 Å². The van der Waals surface area contributed by atoms with Gasteiger partial charge in [-0.2, -0.15) is 13.2 Å². The lowest BCUT2D eigenvalue weighted by atomic mass is 10.1. The monoisotopic (exact) mass is 283 g/mol. The molecule has 1 unspecified atom stereocenters. The summed E-state index contributed by atoms with van der Waals surface area (Å²) in [5.74, 6) is -0.410. The van der Waals surface area contributed by atoms with Crippen LogP contribution in [0.15, 0.2) is 23.1 Å². The minimum atomic E-state index is -4.38. The number of Topliss-reactive ketones (excluding diaryl/α,β-unsaturated/α-hetero) is 1. The van der Waals surface area contributed by atoms with Crippen LogP contribution in [-0.4, -0.2) is 16.7 Å². The van der Waals surface area contributed by atoms with Gasteiger partial charge in [0.05, 0.1) is 5.38 Å². The van der Waals surface area contributed by atoms with Gasteiger partial charge in [0.15, 0.2) is 5.78 Å². The molecule has 0 spiro atoms. The van der Waals surface area contributed by atoms with Crippen molar-refractivity contribution in [2.24, 2.45) is 0 Å². The third kappa shape index (κ3) is 4.12. The zero-order valence-electron chi connectivity index (χ0n) is 8.72. The maximum absolute atomic E-state index is 12.1. The largest absolute Gasteiger partial charge is 0.446 e. The summed E-state index contributed by atoms with van der Waals surface area (Å²) in [6, 6.07) is 3.57. The van der Waals surface area contributed by atoms with Crippen LogP contribution in [0.2, 0.25) is 0 Å². The molecule has 2 N–H and O–H groups in total. The minimum absolute atomic E-state index is 0.00301. The van der Waals surface area contributed by atoms with Crippen LogP contribution in [0.5, 0.6) is 0 Å². The second-order valence-corrected chi connectivity index (χ2v) is 5.07. The molecule has 0 aliphatic heterocycles. The average molecular weight is 284 g/mol. The van der Waals surface area contributed by atoms with E-state index >= 15 is 0 Å². The molecule has 2 nitrogen and oxygen atoms in total. The number of hydrogen-bond acceptors (Lipinski definition) is 3. The number of ketones is 1. The predicted molar refractivity (Wildman–Crippen MR) is 62.4 cm³/mol. The summed E-state index contributed by atoms with van der Waals surface area (Å²) in [6.07, 6.45) is 0. The standard InChI is InChI=1S/C10H9ClF3NOS/c1-5(11)9(16)7-3-2-6(4-8(7)15)17-10(12,13)14/h2-5H,15H2,1H3. The molecule has 0 aromatic heterocycles. The third-order valence-electron chi connectivity index (χ3n) is 1.88. The van der Waals surface area contributed by atoms with E-state index in [1.807, 2.05) is 0 Å². The van der Waals surface area contributed by atoms with Gasteiger partial charge in [0.1, 0.15) is 0 Å². The lowest BCUT2D eigenvalue weighted by Gasteiger charge is -2.09. The molecule has 0 radical (unpaired) electrons. The highest BCUT2D eigenvalue weighted by Gasteiger charge is 2.29. The Kier molecular flexibility index (Phi) is 4.32. The maximum atomic E-state index is 12.1. The Morgan fingerprint density at radius 1 is 1.47 bits per heavy atom. The Bertz CT molecular complexity index is 434. The highest BCUT2D eigenvalue weighted by atomic mass is 35.5. The van der Waals surface area contributed by atoms with Crippen molar-refractivity contribution in [2.75, 3.05) is 5.73 Å². The fourth-order valence-corrected chi connectivity index (χ4v) is 1.88. The van der Waals surface area contributed by atoms with E-state index in [0.29, 0.717) is 0 Å². The van der Waals surface area contributed by atoms with E-state index in [9.17, 15) is 18.0 Å². The first-order chi connectivity index (χ1) is 7.70. The van der Waals surface area contributed by atoms with Crippen molar-refractivity contribution >= 4 is 34.8 Å². The normalized spacial score (nSPS) is 13.5. The zero-order valence-corrected chi connectivity index (χ0v) is 10.3. The second-order valence-electron chi connectivity index (χ2n) is 3.28. The second kappa shape index (κ2) is 5.18. The quantitative estimate of drug-likeness (QED) is 0.398. The average Bonchev–Trinajstić information content (AvgIpc) is 2.14. The summed E-state index contributed by atoms with van der Waals surface area (Å²) in [7, 11) is 0. The Balaban J connectivity index is 2.98. The number of anilines is 1. The Hall–Kier alpha value is -0.880. The summed E-state index contributed by atoms with van der Waals surface area (Å²) < 4.78 is 36.3. The lowest BCUT2D eigenvalue weighted by Crippen LogP contribution is -2.13. The van der Waals surface area contributed by atoms with Crippen LogP contribution in [0.4, 0.5) is 18.9 Å². The smallest absolute Gasteiger partial charge is 0.398 e. The molecule has 1 atom stereocenters. The molecule has 1 aromatic carbocycles. The van der Waals surface area contributed by atoms with Crippen molar-refractivity contribution in [3.8, 4) is 0 Å². The van der Waals surface area contributed by atoms with Crippen LogP contribution in [0.1, 0.15) is 17.3 Å². The number of halogens is 4. The molecule has 17 heavy (non-hydrogen) atoms. The Morgan fingerprint density at radius 3 is 2.47 bits per heavy atom. The highest BCUT2D eigenvalue weighted by Crippen LogP contribution is 2.38. The van der Waals surface area contributed by atoms with Crippen LogP contribution >= 0.6 is 23.4 Å². The molecule has 0 aliphatic rings. The Labute approximate surface area is 105 Å². The number of carbonyl (C=O) groups excluding carboxylic acids is 1. The van der Waals surface area contributed by atoms with E-state index < -0.39 is 16.7 Å². The maximum Gasteiger partial charge on any atom is 0.446 e. The van der Waals surface area contributed by atoms with Crippen molar-refractivity contribution in [3.05, 3.63) is 23.8 Å². The minimum Gasteiger partial charge on any atom is -0.398 e. The molecular weight excluding hydrogens is 275 g/mol. The van der Waals surface area contributed by atoms with Gasteiger partial charge in [0.2, 0.25) is 0 Å². The van der Waals surface area contributed by atoms with E-state index in [2.05, 4.69) is 0 Å². The number of alkyl halides is 4. The van der Waals surface area contributed by atoms with E-state index in [1.165, 1.54) is 19.1 Å². The van der Waals surface area contributed by atoms with Crippen LogP contribution in [0, 0.1) is 0 Å². The summed E-state index contributed by atoms with van der Waals surface area (Å²) in [5, 5.41) is -0.765. The molecule has 0 saturated heterocycles. The van der Waals surface area contributed by atoms with Crippen LogP contribution in [0.25, 0.3) is 0 Å². The summed E-state index contributed by atoms with van der Waals surface area (Å²) in [4.78, 5) is 11.5. The van der Waals surface area contributed by atoms with E-state index in [-0.39, 0.29) is 27.9 Å². The number of nitrogens with two attached hydrogens (primary N) is 1. The number of hydrogen-bond donors (Lipinski definition) is 1. The summed E-state index contributed by atoms with van der Waals surface area (Å²) >= 11 is 5.31. The first-order valence-electron chi connectivity index (χ1n) is 4.54. The molecule has 0 fully saturated rings. The molecule has 0 heterocycles. The molecule has 0 amide bonds. The van der Waals surface area contributed by atoms with Crippen molar-refractivity contribution < 1.29 is 18.0 Å². The van der Waals surface area contributed by atoms with Gasteiger partial charge in [-0.3, -0.25) is 4.79 Å². The van der Waals surface area contributed by atoms with Crippen LogP contribution in [-0.2, 0) is 0 Å². The molecule has 0 aliphatic carbocycles. The lowest BCUT2D eigenvalue weighted by molar-refractivity contribution is -0.0328. The van der Waals surface area contributed by atoms with E-state index in [4.69, 9.17) is 17.3 Å². The summed E-state index contributed by atoms with van der Waals surface area (Å²) in [5.41, 5.74) is 1.28. The fraction of sp³-hybridized carbons (Fsp3) is 0.300.